The highest BCUT2D eigenvalue weighted by molar-refractivity contribution is 5.93. The average Bonchev–Trinajstić information content (AvgIpc) is 3.14. The van der Waals surface area contributed by atoms with Crippen molar-refractivity contribution in [3.63, 3.8) is 0 Å². The van der Waals surface area contributed by atoms with Gasteiger partial charge >= 0.3 is 0 Å². The van der Waals surface area contributed by atoms with Gasteiger partial charge in [-0.15, -0.1) is 0 Å². The van der Waals surface area contributed by atoms with Crippen LogP contribution >= 0.6 is 0 Å². The molecule has 0 bridgehead atoms. The Morgan fingerprint density at radius 1 is 1.13 bits per heavy atom. The van der Waals surface area contributed by atoms with Crippen LogP contribution in [0.25, 0.3) is 0 Å². The van der Waals surface area contributed by atoms with Crippen LogP contribution in [0, 0.1) is 6.92 Å². The number of hydrogen-bond acceptors (Lipinski definition) is 6. The minimum absolute atomic E-state index is 0.0453. The van der Waals surface area contributed by atoms with Crippen LogP contribution in [0.2, 0.25) is 0 Å². The monoisotopic (exact) mass is 422 g/mol. The van der Waals surface area contributed by atoms with Gasteiger partial charge in [-0.1, -0.05) is 44.2 Å². The van der Waals surface area contributed by atoms with Gasteiger partial charge in [0.2, 0.25) is 11.8 Å². The van der Waals surface area contributed by atoms with E-state index in [2.05, 4.69) is 22.3 Å². The molecule has 0 spiro atoms. The van der Waals surface area contributed by atoms with E-state index >= 15 is 0 Å². The van der Waals surface area contributed by atoms with Crippen LogP contribution in [0.4, 0.5) is 5.82 Å². The Hall–Kier alpha value is -1.93. The second kappa shape index (κ2) is 14.1. The maximum absolute atomic E-state index is 12.8. The van der Waals surface area contributed by atoms with E-state index in [0.717, 1.165) is 52.1 Å². The van der Waals surface area contributed by atoms with Gasteiger partial charge in [0.05, 0.1) is 19.8 Å². The first-order valence-corrected chi connectivity index (χ1v) is 11.4. The van der Waals surface area contributed by atoms with Gasteiger partial charge in [-0.25, -0.2) is 0 Å². The minimum atomic E-state index is -0.244. The standard InChI is InChI=1S/C22H38N4O4/c1-3-4-5-6-7-8-10-22(28)26(12-9-11-25-13-15-29-16-14-25)18-21(27)23-20-17-19(2)30-24-20/h17H,3-16,18H2,1-2H3,(H,23,24,27). The number of unbranched alkanes of at least 4 members (excludes halogenated alkanes) is 5. The molecule has 2 amide bonds. The lowest BCUT2D eigenvalue weighted by molar-refractivity contribution is -0.135. The second-order valence-electron chi connectivity index (χ2n) is 8.01. The summed E-state index contributed by atoms with van der Waals surface area (Å²) in [6.45, 7) is 8.89. The molecular weight excluding hydrogens is 384 g/mol. The van der Waals surface area contributed by atoms with Crippen molar-refractivity contribution >= 4 is 17.6 Å². The first-order valence-electron chi connectivity index (χ1n) is 11.4. The number of aromatic nitrogens is 1. The summed E-state index contributed by atoms with van der Waals surface area (Å²) < 4.78 is 10.4. The van der Waals surface area contributed by atoms with Gasteiger partial charge < -0.3 is 19.5 Å². The normalized spacial score (nSPS) is 14.6. The van der Waals surface area contributed by atoms with E-state index in [1.807, 2.05) is 0 Å². The van der Waals surface area contributed by atoms with Gasteiger partial charge in [0.25, 0.3) is 0 Å². The van der Waals surface area contributed by atoms with Crippen molar-refractivity contribution in [3.05, 3.63) is 11.8 Å². The molecule has 1 saturated heterocycles. The zero-order chi connectivity index (χ0) is 21.6. The van der Waals surface area contributed by atoms with Crippen molar-refractivity contribution in [2.45, 2.75) is 65.2 Å². The summed E-state index contributed by atoms with van der Waals surface area (Å²) in [5.74, 6) is 0.825. The van der Waals surface area contributed by atoms with Crippen LogP contribution in [-0.2, 0) is 14.3 Å². The molecule has 8 nitrogen and oxygen atoms in total. The maximum atomic E-state index is 12.8. The highest BCUT2D eigenvalue weighted by Gasteiger charge is 2.18. The van der Waals surface area contributed by atoms with E-state index in [4.69, 9.17) is 9.26 Å². The number of nitrogens with zero attached hydrogens (tertiary/aromatic N) is 3. The number of nitrogens with one attached hydrogen (secondary N) is 1. The van der Waals surface area contributed by atoms with E-state index in [1.54, 1.807) is 17.9 Å². The third-order valence-electron chi connectivity index (χ3n) is 5.33. The van der Waals surface area contributed by atoms with Gasteiger partial charge in [0, 0.05) is 38.7 Å². The van der Waals surface area contributed by atoms with Crippen LogP contribution < -0.4 is 5.32 Å². The molecule has 1 aromatic rings. The maximum Gasteiger partial charge on any atom is 0.245 e. The third-order valence-corrected chi connectivity index (χ3v) is 5.33. The lowest BCUT2D eigenvalue weighted by Crippen LogP contribution is -2.41. The highest BCUT2D eigenvalue weighted by atomic mass is 16.5. The zero-order valence-corrected chi connectivity index (χ0v) is 18.7. The number of anilines is 1. The smallest absolute Gasteiger partial charge is 0.245 e. The molecule has 30 heavy (non-hydrogen) atoms. The van der Waals surface area contributed by atoms with Crippen LogP contribution in [0.15, 0.2) is 10.6 Å². The predicted molar refractivity (Wildman–Crippen MR) is 116 cm³/mol. The summed E-state index contributed by atoms with van der Waals surface area (Å²) >= 11 is 0. The first-order chi connectivity index (χ1) is 14.6. The summed E-state index contributed by atoms with van der Waals surface area (Å²) in [5.41, 5.74) is 0. The summed E-state index contributed by atoms with van der Waals surface area (Å²) in [7, 11) is 0. The molecule has 1 aromatic heterocycles. The first kappa shape index (κ1) is 24.3. The molecule has 0 saturated carbocycles. The summed E-state index contributed by atoms with van der Waals surface area (Å²) in [4.78, 5) is 29.3. The largest absolute Gasteiger partial charge is 0.379 e. The number of carbonyl (C=O) groups is 2. The fourth-order valence-corrected chi connectivity index (χ4v) is 3.60. The second-order valence-corrected chi connectivity index (χ2v) is 8.01. The molecule has 8 heteroatoms. The topological polar surface area (TPSA) is 87.9 Å². The van der Waals surface area contributed by atoms with E-state index < -0.39 is 0 Å². The lowest BCUT2D eigenvalue weighted by Gasteiger charge is -2.28. The fourth-order valence-electron chi connectivity index (χ4n) is 3.60. The number of aryl methyl sites for hydroxylation is 1. The van der Waals surface area contributed by atoms with E-state index in [0.29, 0.717) is 24.5 Å². The molecule has 0 aromatic carbocycles. The number of rotatable bonds is 14. The Morgan fingerprint density at radius 3 is 2.57 bits per heavy atom. The molecule has 1 aliphatic heterocycles. The third kappa shape index (κ3) is 9.71. The van der Waals surface area contributed by atoms with Crippen molar-refractivity contribution in [1.82, 2.24) is 15.0 Å². The van der Waals surface area contributed by atoms with E-state index in [-0.39, 0.29) is 18.4 Å². The van der Waals surface area contributed by atoms with Crippen molar-refractivity contribution in [3.8, 4) is 0 Å². The number of amides is 2. The molecule has 0 aliphatic carbocycles. The summed E-state index contributed by atoms with van der Waals surface area (Å²) in [6, 6.07) is 1.67. The molecule has 0 atom stereocenters. The molecule has 1 aliphatic rings. The SMILES string of the molecule is CCCCCCCCC(=O)N(CCCN1CCOCC1)CC(=O)Nc1cc(C)on1. The highest BCUT2D eigenvalue weighted by Crippen LogP contribution is 2.11. The summed E-state index contributed by atoms with van der Waals surface area (Å²) in [5, 5.41) is 6.50. The Kier molecular flexibility index (Phi) is 11.5. The van der Waals surface area contributed by atoms with E-state index in [1.165, 1.54) is 25.7 Å². The zero-order valence-electron chi connectivity index (χ0n) is 18.7. The fraction of sp³-hybridized carbons (Fsp3) is 0.773. The molecule has 0 unspecified atom stereocenters. The van der Waals surface area contributed by atoms with Gasteiger partial charge in [-0.2, -0.15) is 0 Å². The number of hydrogen-bond donors (Lipinski definition) is 1. The number of morpholine rings is 1. The Bertz CT molecular complexity index is 628. The average molecular weight is 423 g/mol. The molecule has 170 valence electrons. The molecule has 0 radical (unpaired) electrons. The van der Waals surface area contributed by atoms with Crippen molar-refractivity contribution in [2.24, 2.45) is 0 Å². The van der Waals surface area contributed by atoms with Crippen LogP contribution in [0.1, 0.15) is 64.1 Å². The minimum Gasteiger partial charge on any atom is -0.379 e. The van der Waals surface area contributed by atoms with Gasteiger partial charge in [-0.3, -0.25) is 14.5 Å². The molecule has 1 fully saturated rings. The van der Waals surface area contributed by atoms with Gasteiger partial charge in [0.1, 0.15) is 5.76 Å². The van der Waals surface area contributed by atoms with Crippen LogP contribution in [0.5, 0.6) is 0 Å². The molecular formula is C22H38N4O4. The van der Waals surface area contributed by atoms with Gasteiger partial charge in [0.15, 0.2) is 5.82 Å². The van der Waals surface area contributed by atoms with Crippen molar-refractivity contribution in [2.75, 3.05) is 51.3 Å². The number of carbonyl (C=O) groups excluding carboxylic acids is 2. The summed E-state index contributed by atoms with van der Waals surface area (Å²) in [6.07, 6.45) is 8.17. The number of ether oxygens (including phenoxy) is 1. The van der Waals surface area contributed by atoms with Crippen molar-refractivity contribution < 1.29 is 18.8 Å². The Labute approximate surface area is 180 Å². The van der Waals surface area contributed by atoms with Crippen LogP contribution in [0.3, 0.4) is 0 Å². The van der Waals surface area contributed by atoms with Crippen LogP contribution in [-0.4, -0.2) is 72.7 Å². The van der Waals surface area contributed by atoms with Crippen molar-refractivity contribution in [1.29, 1.82) is 0 Å². The Morgan fingerprint density at radius 2 is 1.87 bits per heavy atom. The lowest BCUT2D eigenvalue weighted by atomic mass is 10.1. The predicted octanol–water partition coefficient (Wildman–Crippen LogP) is 3.22. The molecule has 1 N–H and O–H groups in total. The Balaban J connectivity index is 1.79. The van der Waals surface area contributed by atoms with Gasteiger partial charge in [-0.05, 0) is 19.8 Å². The molecule has 2 heterocycles. The van der Waals surface area contributed by atoms with E-state index in [9.17, 15) is 9.59 Å². The quantitative estimate of drug-likeness (QED) is 0.463. The molecule has 2 rings (SSSR count).